The van der Waals surface area contributed by atoms with Gasteiger partial charge in [-0.25, -0.2) is 8.42 Å². The van der Waals surface area contributed by atoms with Crippen molar-refractivity contribution in [3.63, 3.8) is 0 Å². The summed E-state index contributed by atoms with van der Waals surface area (Å²) in [6, 6.07) is 15.1. The SMILES string of the molecule is COc1cc(C(=O)NCc2ccc3c(c2)OCO3)c(N(Cc2ccc(Cl)cc2)S(C)(=O)=O)cc1OC. The molecule has 9 nitrogen and oxygen atoms in total. The normalized spacial score (nSPS) is 12.2. The molecule has 0 aromatic heterocycles. The number of carbonyl (C=O) groups excluding carboxylic acids is 1. The Morgan fingerprint density at radius 3 is 2.28 bits per heavy atom. The lowest BCUT2D eigenvalue weighted by Gasteiger charge is -2.26. The van der Waals surface area contributed by atoms with Gasteiger partial charge in [0.2, 0.25) is 16.8 Å². The molecular formula is C25H25ClN2O7S. The van der Waals surface area contributed by atoms with E-state index in [9.17, 15) is 13.2 Å². The van der Waals surface area contributed by atoms with Crippen LogP contribution in [-0.2, 0) is 23.1 Å². The Morgan fingerprint density at radius 2 is 1.61 bits per heavy atom. The lowest BCUT2D eigenvalue weighted by Crippen LogP contribution is -2.32. The number of halogens is 1. The number of nitrogens with zero attached hydrogens (tertiary/aromatic N) is 1. The van der Waals surface area contributed by atoms with Crippen LogP contribution in [0.4, 0.5) is 5.69 Å². The van der Waals surface area contributed by atoms with Crippen LogP contribution in [0.15, 0.2) is 54.6 Å². The first kappa shape index (κ1) is 25.5. The molecule has 4 rings (SSSR count). The fourth-order valence-electron chi connectivity index (χ4n) is 3.72. The molecule has 3 aromatic carbocycles. The van der Waals surface area contributed by atoms with Crippen molar-refractivity contribution >= 4 is 33.2 Å². The number of nitrogens with one attached hydrogen (secondary N) is 1. The van der Waals surface area contributed by atoms with Gasteiger partial charge in [-0.3, -0.25) is 9.10 Å². The smallest absolute Gasteiger partial charge is 0.253 e. The molecule has 0 radical (unpaired) electrons. The Kier molecular flexibility index (Phi) is 7.46. The average Bonchev–Trinajstić information content (AvgIpc) is 3.33. The van der Waals surface area contributed by atoms with Crippen LogP contribution in [0.5, 0.6) is 23.0 Å². The van der Waals surface area contributed by atoms with Gasteiger partial charge in [-0.15, -0.1) is 0 Å². The topological polar surface area (TPSA) is 103 Å². The van der Waals surface area contributed by atoms with Crippen molar-refractivity contribution in [2.75, 3.05) is 31.6 Å². The maximum atomic E-state index is 13.4. The predicted octanol–water partition coefficient (Wildman–Crippen LogP) is 3.98. The molecule has 0 saturated heterocycles. The van der Waals surface area contributed by atoms with Crippen LogP contribution in [0.2, 0.25) is 5.02 Å². The summed E-state index contributed by atoms with van der Waals surface area (Å²) in [6.45, 7) is 0.308. The zero-order valence-corrected chi connectivity index (χ0v) is 21.5. The summed E-state index contributed by atoms with van der Waals surface area (Å²) in [6.07, 6.45) is 1.08. The number of benzene rings is 3. The van der Waals surface area contributed by atoms with E-state index in [0.717, 1.165) is 16.1 Å². The first-order valence-electron chi connectivity index (χ1n) is 10.8. The van der Waals surface area contributed by atoms with Crippen molar-refractivity contribution in [2.45, 2.75) is 13.1 Å². The number of rotatable bonds is 9. The van der Waals surface area contributed by atoms with Gasteiger partial charge in [0, 0.05) is 17.6 Å². The van der Waals surface area contributed by atoms with Gasteiger partial charge in [-0.2, -0.15) is 0 Å². The van der Waals surface area contributed by atoms with E-state index in [0.29, 0.717) is 22.1 Å². The molecule has 190 valence electrons. The van der Waals surface area contributed by atoms with E-state index < -0.39 is 15.9 Å². The molecule has 0 unspecified atom stereocenters. The Morgan fingerprint density at radius 1 is 0.972 bits per heavy atom. The summed E-state index contributed by atoms with van der Waals surface area (Å²) in [5.74, 6) is 1.31. The largest absolute Gasteiger partial charge is 0.493 e. The summed E-state index contributed by atoms with van der Waals surface area (Å²) >= 11 is 5.98. The lowest BCUT2D eigenvalue weighted by atomic mass is 10.1. The molecule has 0 spiro atoms. The number of hydrogen-bond acceptors (Lipinski definition) is 7. The van der Waals surface area contributed by atoms with E-state index in [2.05, 4.69) is 5.32 Å². The van der Waals surface area contributed by atoms with Gasteiger partial charge in [-0.1, -0.05) is 29.8 Å². The van der Waals surface area contributed by atoms with Crippen LogP contribution >= 0.6 is 11.6 Å². The molecule has 0 bridgehead atoms. The van der Waals surface area contributed by atoms with E-state index >= 15 is 0 Å². The molecule has 3 aromatic rings. The summed E-state index contributed by atoms with van der Waals surface area (Å²) in [5, 5.41) is 3.37. The molecule has 1 N–H and O–H groups in total. The van der Waals surface area contributed by atoms with E-state index in [1.165, 1.54) is 26.4 Å². The summed E-state index contributed by atoms with van der Waals surface area (Å²) in [4.78, 5) is 13.4. The van der Waals surface area contributed by atoms with Crippen LogP contribution < -0.4 is 28.6 Å². The quantitative estimate of drug-likeness (QED) is 0.444. The number of sulfonamides is 1. The number of amides is 1. The van der Waals surface area contributed by atoms with Gasteiger partial charge in [0.1, 0.15) is 0 Å². The molecule has 11 heteroatoms. The highest BCUT2D eigenvalue weighted by atomic mass is 35.5. The van der Waals surface area contributed by atoms with Gasteiger partial charge in [0.25, 0.3) is 5.91 Å². The molecule has 0 fully saturated rings. The second-order valence-corrected chi connectivity index (χ2v) is 10.3. The minimum Gasteiger partial charge on any atom is -0.493 e. The predicted molar refractivity (Wildman–Crippen MR) is 136 cm³/mol. The van der Waals surface area contributed by atoms with Crippen LogP contribution in [0.25, 0.3) is 0 Å². The van der Waals surface area contributed by atoms with Crippen LogP contribution in [0, 0.1) is 0 Å². The molecule has 1 heterocycles. The highest BCUT2D eigenvalue weighted by Gasteiger charge is 2.27. The molecule has 1 amide bonds. The zero-order chi connectivity index (χ0) is 25.9. The maximum absolute atomic E-state index is 13.4. The van der Waals surface area contributed by atoms with Gasteiger partial charge < -0.3 is 24.3 Å². The van der Waals surface area contributed by atoms with Crippen LogP contribution in [-0.4, -0.2) is 41.6 Å². The molecule has 0 atom stereocenters. The Hall–Kier alpha value is -3.63. The minimum atomic E-state index is -3.81. The van der Waals surface area contributed by atoms with Gasteiger partial charge >= 0.3 is 0 Å². The highest BCUT2D eigenvalue weighted by Crippen LogP contribution is 2.37. The minimum absolute atomic E-state index is 0.0199. The monoisotopic (exact) mass is 532 g/mol. The summed E-state index contributed by atoms with van der Waals surface area (Å²) < 4.78 is 48.4. The third-order valence-corrected chi connectivity index (χ3v) is 6.92. The van der Waals surface area contributed by atoms with Crippen LogP contribution in [0.3, 0.4) is 0 Å². The van der Waals surface area contributed by atoms with Crippen molar-refractivity contribution in [3.8, 4) is 23.0 Å². The first-order chi connectivity index (χ1) is 17.2. The fraction of sp³-hybridized carbons (Fsp3) is 0.240. The van der Waals surface area contributed by atoms with E-state index in [-0.39, 0.29) is 42.6 Å². The molecule has 1 aliphatic heterocycles. The number of hydrogen-bond donors (Lipinski definition) is 1. The number of fused-ring (bicyclic) bond motifs is 1. The average molecular weight is 533 g/mol. The van der Waals surface area contributed by atoms with Crippen molar-refractivity contribution < 1.29 is 32.2 Å². The number of ether oxygens (including phenoxy) is 4. The first-order valence-corrected chi connectivity index (χ1v) is 13.1. The van der Waals surface area contributed by atoms with Gasteiger partial charge in [0.15, 0.2) is 23.0 Å². The highest BCUT2D eigenvalue weighted by molar-refractivity contribution is 7.92. The third-order valence-electron chi connectivity index (χ3n) is 5.55. The number of methoxy groups -OCH3 is 2. The second kappa shape index (κ2) is 10.5. The zero-order valence-electron chi connectivity index (χ0n) is 19.9. The van der Waals surface area contributed by atoms with Crippen LogP contribution in [0.1, 0.15) is 21.5 Å². The summed E-state index contributed by atoms with van der Waals surface area (Å²) in [7, 11) is -0.933. The fourth-order valence-corrected chi connectivity index (χ4v) is 4.74. The molecular weight excluding hydrogens is 508 g/mol. The van der Waals surface area contributed by atoms with Crippen molar-refractivity contribution in [2.24, 2.45) is 0 Å². The molecule has 0 saturated carbocycles. The lowest BCUT2D eigenvalue weighted by molar-refractivity contribution is 0.0951. The van der Waals surface area contributed by atoms with E-state index in [1.807, 2.05) is 6.07 Å². The Balaban J connectivity index is 1.69. The standard InChI is InChI=1S/C25H25ClN2O7S/c1-32-22-11-19(25(29)27-13-17-6-9-21-24(10-17)35-15-34-21)20(12-23(22)33-2)28(36(3,30)31)14-16-4-7-18(26)8-5-16/h4-12H,13-15H2,1-3H3,(H,27,29). The molecule has 36 heavy (non-hydrogen) atoms. The Bertz CT molecular complexity index is 1380. The van der Waals surface area contributed by atoms with E-state index in [4.69, 9.17) is 30.5 Å². The number of carbonyl (C=O) groups is 1. The Labute approximate surface area is 214 Å². The molecule has 0 aliphatic carbocycles. The van der Waals surface area contributed by atoms with Crippen molar-refractivity contribution in [1.29, 1.82) is 0 Å². The van der Waals surface area contributed by atoms with Crippen molar-refractivity contribution in [3.05, 3.63) is 76.3 Å². The third kappa shape index (κ3) is 5.60. The van der Waals surface area contributed by atoms with Crippen molar-refractivity contribution in [1.82, 2.24) is 5.32 Å². The van der Waals surface area contributed by atoms with Gasteiger partial charge in [-0.05, 0) is 41.5 Å². The summed E-state index contributed by atoms with van der Waals surface area (Å²) in [5.41, 5.74) is 1.73. The maximum Gasteiger partial charge on any atom is 0.253 e. The molecule has 1 aliphatic rings. The second-order valence-electron chi connectivity index (χ2n) is 7.99. The number of anilines is 1. The van der Waals surface area contributed by atoms with Gasteiger partial charge in [0.05, 0.1) is 38.3 Å². The van der Waals surface area contributed by atoms with E-state index in [1.54, 1.807) is 36.4 Å².